The molecule has 0 atom stereocenters. The van der Waals surface area contributed by atoms with E-state index < -0.39 is 0 Å². The zero-order valence-corrected chi connectivity index (χ0v) is 11.2. The number of hydrogen-bond donors (Lipinski definition) is 2. The van der Waals surface area contributed by atoms with Gasteiger partial charge in [0.1, 0.15) is 5.82 Å². The van der Waals surface area contributed by atoms with E-state index in [4.69, 9.17) is 5.73 Å². The predicted molar refractivity (Wildman–Crippen MR) is 71.9 cm³/mol. The summed E-state index contributed by atoms with van der Waals surface area (Å²) in [5.74, 6) is 5.58. The quantitative estimate of drug-likeness (QED) is 0.647. The van der Waals surface area contributed by atoms with Gasteiger partial charge in [0.15, 0.2) is 0 Å². The summed E-state index contributed by atoms with van der Waals surface area (Å²) in [6.45, 7) is 1.79. The van der Waals surface area contributed by atoms with Crippen LogP contribution < -0.4 is 11.1 Å². The van der Waals surface area contributed by atoms with E-state index in [0.29, 0.717) is 18.7 Å². The molecule has 2 nitrogen and oxygen atoms in total. The number of hydrogen-bond acceptors (Lipinski definition) is 2. The number of nitrogens with one attached hydrogen (secondary N) is 1. The third kappa shape index (κ3) is 5.83. The van der Waals surface area contributed by atoms with Gasteiger partial charge in [-0.25, -0.2) is 4.39 Å². The number of halogens is 2. The molecular formula is C13H16BrFN2. The van der Waals surface area contributed by atoms with Gasteiger partial charge in [0, 0.05) is 23.0 Å². The molecule has 0 aromatic heterocycles. The van der Waals surface area contributed by atoms with Crippen molar-refractivity contribution in [2.75, 3.05) is 13.1 Å². The fourth-order valence-corrected chi connectivity index (χ4v) is 1.68. The first-order valence-electron chi connectivity index (χ1n) is 5.54. The average Bonchev–Trinajstić information content (AvgIpc) is 2.30. The van der Waals surface area contributed by atoms with Crippen LogP contribution >= 0.6 is 15.9 Å². The molecule has 0 amide bonds. The minimum atomic E-state index is -0.185. The van der Waals surface area contributed by atoms with Crippen LogP contribution in [0.3, 0.4) is 0 Å². The Kier molecular flexibility index (Phi) is 6.87. The Hall–Kier alpha value is -0.890. The number of rotatable bonds is 5. The second kappa shape index (κ2) is 8.24. The molecule has 0 bridgehead atoms. The van der Waals surface area contributed by atoms with E-state index in [9.17, 15) is 4.39 Å². The van der Waals surface area contributed by atoms with Gasteiger partial charge < -0.3 is 11.1 Å². The lowest BCUT2D eigenvalue weighted by atomic mass is 10.2. The molecule has 0 heterocycles. The highest BCUT2D eigenvalue weighted by Crippen LogP contribution is 2.14. The Labute approximate surface area is 110 Å². The van der Waals surface area contributed by atoms with Crippen LogP contribution in [0.2, 0.25) is 0 Å². The second-order valence-corrected chi connectivity index (χ2v) is 4.49. The first kappa shape index (κ1) is 14.2. The van der Waals surface area contributed by atoms with Crippen LogP contribution in [0.5, 0.6) is 0 Å². The predicted octanol–water partition coefficient (Wildman–Crippen LogP) is 2.42. The van der Waals surface area contributed by atoms with Crippen LogP contribution in [0.4, 0.5) is 4.39 Å². The monoisotopic (exact) mass is 298 g/mol. The summed E-state index contributed by atoms with van der Waals surface area (Å²) >= 11 is 3.23. The first-order chi connectivity index (χ1) is 8.24. The Morgan fingerprint density at radius 1 is 1.35 bits per heavy atom. The number of unbranched alkanes of at least 4 members (excludes halogenated alkanes) is 1. The number of nitrogens with two attached hydrogens (primary N) is 1. The van der Waals surface area contributed by atoms with Gasteiger partial charge in [-0.1, -0.05) is 27.9 Å². The van der Waals surface area contributed by atoms with Gasteiger partial charge in [-0.15, -0.1) is 5.92 Å². The molecule has 0 aliphatic heterocycles. The zero-order valence-electron chi connectivity index (χ0n) is 9.60. The van der Waals surface area contributed by atoms with Crippen molar-refractivity contribution in [1.82, 2.24) is 5.32 Å². The second-order valence-electron chi connectivity index (χ2n) is 3.57. The summed E-state index contributed by atoms with van der Waals surface area (Å²) in [4.78, 5) is 0. The summed E-state index contributed by atoms with van der Waals surface area (Å²) in [5, 5.41) is 3.18. The van der Waals surface area contributed by atoms with Crippen molar-refractivity contribution in [2.24, 2.45) is 5.73 Å². The molecule has 0 saturated heterocycles. The Bertz CT molecular complexity index is 410. The smallest absolute Gasteiger partial charge is 0.128 e. The van der Waals surface area contributed by atoms with Crippen molar-refractivity contribution in [3.63, 3.8) is 0 Å². The molecule has 0 aliphatic rings. The van der Waals surface area contributed by atoms with E-state index in [1.54, 1.807) is 6.07 Å². The van der Waals surface area contributed by atoms with Crippen LogP contribution in [0.25, 0.3) is 0 Å². The minimum absolute atomic E-state index is 0.185. The summed E-state index contributed by atoms with van der Waals surface area (Å²) in [5.41, 5.74) is 5.92. The molecule has 0 unspecified atom stereocenters. The lowest BCUT2D eigenvalue weighted by Gasteiger charge is -2.05. The summed E-state index contributed by atoms with van der Waals surface area (Å²) in [6.07, 6.45) is 1.78. The van der Waals surface area contributed by atoms with E-state index >= 15 is 0 Å². The molecule has 0 saturated carbocycles. The van der Waals surface area contributed by atoms with Crippen molar-refractivity contribution in [1.29, 1.82) is 0 Å². The molecule has 0 radical (unpaired) electrons. The fraction of sp³-hybridized carbons (Fsp3) is 0.385. The number of benzene rings is 1. The van der Waals surface area contributed by atoms with Gasteiger partial charge >= 0.3 is 0 Å². The van der Waals surface area contributed by atoms with Gasteiger partial charge in [0.25, 0.3) is 0 Å². The lowest BCUT2D eigenvalue weighted by Crippen LogP contribution is -2.15. The SMILES string of the molecule is NCC#CCCCNCc1ccc(Br)cc1F. The van der Waals surface area contributed by atoms with Gasteiger partial charge in [0.2, 0.25) is 0 Å². The van der Waals surface area contributed by atoms with Crippen molar-refractivity contribution < 1.29 is 4.39 Å². The van der Waals surface area contributed by atoms with Crippen LogP contribution in [0.15, 0.2) is 22.7 Å². The maximum atomic E-state index is 13.4. The highest BCUT2D eigenvalue weighted by atomic mass is 79.9. The minimum Gasteiger partial charge on any atom is -0.320 e. The first-order valence-corrected chi connectivity index (χ1v) is 6.34. The summed E-state index contributed by atoms with van der Waals surface area (Å²) < 4.78 is 14.2. The van der Waals surface area contributed by atoms with Gasteiger partial charge in [0.05, 0.1) is 6.54 Å². The molecular weight excluding hydrogens is 283 g/mol. The topological polar surface area (TPSA) is 38.0 Å². The van der Waals surface area contributed by atoms with Crippen molar-refractivity contribution in [2.45, 2.75) is 19.4 Å². The third-order valence-corrected chi connectivity index (χ3v) is 2.71. The molecule has 1 rings (SSSR count). The maximum Gasteiger partial charge on any atom is 0.128 e. The Morgan fingerprint density at radius 2 is 2.18 bits per heavy atom. The molecule has 0 spiro atoms. The fourth-order valence-electron chi connectivity index (χ4n) is 1.35. The highest BCUT2D eigenvalue weighted by molar-refractivity contribution is 9.10. The molecule has 4 heteroatoms. The molecule has 1 aromatic rings. The van der Waals surface area contributed by atoms with E-state index in [-0.39, 0.29) is 5.82 Å². The Balaban J connectivity index is 2.22. The summed E-state index contributed by atoms with van der Waals surface area (Å²) in [7, 11) is 0. The molecule has 3 N–H and O–H groups in total. The molecule has 1 aromatic carbocycles. The van der Waals surface area contributed by atoms with Crippen LogP contribution in [0.1, 0.15) is 18.4 Å². The van der Waals surface area contributed by atoms with E-state index in [2.05, 4.69) is 33.1 Å². The largest absolute Gasteiger partial charge is 0.320 e. The van der Waals surface area contributed by atoms with Crippen molar-refractivity contribution in [3.05, 3.63) is 34.1 Å². The van der Waals surface area contributed by atoms with E-state index in [1.807, 2.05) is 6.07 Å². The summed E-state index contributed by atoms with van der Waals surface area (Å²) in [6, 6.07) is 5.09. The molecule has 17 heavy (non-hydrogen) atoms. The molecule has 92 valence electrons. The van der Waals surface area contributed by atoms with Crippen LogP contribution in [-0.2, 0) is 6.54 Å². The third-order valence-electron chi connectivity index (χ3n) is 2.21. The standard InChI is InChI=1S/C13H16BrFN2/c14-12-6-5-11(13(15)9-12)10-17-8-4-2-1-3-7-16/h5-6,9,17H,2,4,7-8,10,16H2. The molecule has 0 fully saturated rings. The zero-order chi connectivity index (χ0) is 12.5. The Morgan fingerprint density at radius 3 is 2.88 bits per heavy atom. The highest BCUT2D eigenvalue weighted by Gasteiger charge is 2.01. The average molecular weight is 299 g/mol. The lowest BCUT2D eigenvalue weighted by molar-refractivity contribution is 0.583. The molecule has 0 aliphatic carbocycles. The van der Waals surface area contributed by atoms with Crippen LogP contribution in [-0.4, -0.2) is 13.1 Å². The van der Waals surface area contributed by atoms with Crippen molar-refractivity contribution in [3.8, 4) is 11.8 Å². The maximum absolute atomic E-state index is 13.4. The van der Waals surface area contributed by atoms with Gasteiger partial charge in [-0.2, -0.15) is 0 Å². The van der Waals surface area contributed by atoms with E-state index in [0.717, 1.165) is 23.9 Å². The van der Waals surface area contributed by atoms with Crippen molar-refractivity contribution >= 4 is 15.9 Å². The van der Waals surface area contributed by atoms with Crippen LogP contribution in [0, 0.1) is 17.7 Å². The van der Waals surface area contributed by atoms with Gasteiger partial charge in [-0.05, 0) is 25.1 Å². The van der Waals surface area contributed by atoms with Gasteiger partial charge in [-0.3, -0.25) is 0 Å². The normalized spacial score (nSPS) is 9.82. The van der Waals surface area contributed by atoms with E-state index in [1.165, 1.54) is 6.07 Å².